The van der Waals surface area contributed by atoms with Gasteiger partial charge in [0, 0.05) is 30.1 Å². The smallest absolute Gasteiger partial charge is 0.251 e. The normalized spacial score (nSPS) is 10.5. The van der Waals surface area contributed by atoms with Crippen LogP contribution in [0, 0.1) is 0 Å². The molecular weight excluding hydrogens is 350 g/mol. The van der Waals surface area contributed by atoms with E-state index in [1.807, 2.05) is 54.9 Å². The number of hydrogen-bond donors (Lipinski definition) is 1. The van der Waals surface area contributed by atoms with E-state index < -0.39 is 0 Å². The molecule has 0 aliphatic rings. The van der Waals surface area contributed by atoms with Gasteiger partial charge in [-0.3, -0.25) is 4.79 Å². The molecule has 2 aromatic carbocycles. The third-order valence-corrected chi connectivity index (χ3v) is 4.32. The molecule has 0 atom stereocenters. The van der Waals surface area contributed by atoms with Crippen LogP contribution in [0.25, 0.3) is 11.4 Å². The Morgan fingerprint density at radius 2 is 1.71 bits per heavy atom. The van der Waals surface area contributed by atoms with E-state index in [1.54, 1.807) is 12.1 Å². The summed E-state index contributed by atoms with van der Waals surface area (Å²) in [7, 11) is 0. The van der Waals surface area contributed by atoms with Gasteiger partial charge < -0.3 is 10.1 Å². The van der Waals surface area contributed by atoms with Crippen molar-refractivity contribution >= 4 is 5.91 Å². The molecule has 0 bridgehead atoms. The first-order valence-electron chi connectivity index (χ1n) is 9.63. The number of carbonyl (C=O) groups is 1. The molecule has 0 unspecified atom stereocenters. The number of aromatic nitrogens is 2. The lowest BCUT2D eigenvalue weighted by Crippen LogP contribution is -2.25. The lowest BCUT2D eigenvalue weighted by Gasteiger charge is -2.08. The van der Waals surface area contributed by atoms with Crippen LogP contribution in [0.1, 0.15) is 35.7 Å². The van der Waals surface area contributed by atoms with Gasteiger partial charge in [-0.2, -0.15) is 0 Å². The molecule has 0 aliphatic heterocycles. The lowest BCUT2D eigenvalue weighted by molar-refractivity contribution is 0.0954. The largest absolute Gasteiger partial charge is 0.494 e. The Bertz CT molecular complexity index is 863. The van der Waals surface area contributed by atoms with E-state index in [4.69, 9.17) is 4.74 Å². The summed E-state index contributed by atoms with van der Waals surface area (Å²) in [5.41, 5.74) is 2.60. The van der Waals surface area contributed by atoms with Crippen molar-refractivity contribution in [3.8, 4) is 17.1 Å². The highest BCUT2D eigenvalue weighted by Crippen LogP contribution is 2.14. The van der Waals surface area contributed by atoms with Crippen LogP contribution < -0.4 is 10.1 Å². The maximum absolute atomic E-state index is 12.3. The van der Waals surface area contributed by atoms with Crippen molar-refractivity contribution in [2.24, 2.45) is 0 Å². The third kappa shape index (κ3) is 5.64. The Morgan fingerprint density at radius 1 is 1.00 bits per heavy atom. The minimum absolute atomic E-state index is 0.0954. The van der Waals surface area contributed by atoms with Gasteiger partial charge in [-0.05, 0) is 42.7 Å². The maximum Gasteiger partial charge on any atom is 0.251 e. The Labute approximate surface area is 165 Å². The number of rotatable bonds is 9. The molecule has 1 heterocycles. The Morgan fingerprint density at radius 3 is 2.39 bits per heavy atom. The van der Waals surface area contributed by atoms with Gasteiger partial charge in [0.2, 0.25) is 0 Å². The second-order valence-electron chi connectivity index (χ2n) is 6.51. The number of nitrogens with one attached hydrogen (secondary N) is 1. The monoisotopic (exact) mass is 375 g/mol. The Hall–Kier alpha value is -3.21. The van der Waals surface area contributed by atoms with Crippen molar-refractivity contribution in [3.63, 3.8) is 0 Å². The van der Waals surface area contributed by atoms with Gasteiger partial charge in [-0.15, -0.1) is 0 Å². The predicted molar refractivity (Wildman–Crippen MR) is 110 cm³/mol. The van der Waals surface area contributed by atoms with Gasteiger partial charge in [-0.25, -0.2) is 9.97 Å². The molecule has 0 saturated carbocycles. The predicted octanol–water partition coefficient (Wildman–Crippen LogP) is 4.30. The number of unbranched alkanes of at least 4 members (excludes halogenated alkanes) is 1. The van der Waals surface area contributed by atoms with Gasteiger partial charge in [0.05, 0.1) is 6.61 Å². The van der Waals surface area contributed by atoms with Crippen LogP contribution in [0.5, 0.6) is 5.75 Å². The molecule has 3 rings (SSSR count). The van der Waals surface area contributed by atoms with E-state index >= 15 is 0 Å². The van der Waals surface area contributed by atoms with Crippen molar-refractivity contribution in [1.29, 1.82) is 0 Å². The van der Waals surface area contributed by atoms with Crippen molar-refractivity contribution in [2.45, 2.75) is 26.2 Å². The molecule has 1 aromatic heterocycles. The second-order valence-corrected chi connectivity index (χ2v) is 6.51. The summed E-state index contributed by atoms with van der Waals surface area (Å²) in [5.74, 6) is 1.40. The number of nitrogens with zero attached hydrogens (tertiary/aromatic N) is 2. The minimum Gasteiger partial charge on any atom is -0.494 e. The van der Waals surface area contributed by atoms with Gasteiger partial charge in [-0.1, -0.05) is 43.7 Å². The van der Waals surface area contributed by atoms with E-state index in [1.165, 1.54) is 0 Å². The molecule has 0 aliphatic carbocycles. The van der Waals surface area contributed by atoms with Gasteiger partial charge in [0.25, 0.3) is 5.91 Å². The van der Waals surface area contributed by atoms with E-state index in [2.05, 4.69) is 22.2 Å². The average molecular weight is 375 g/mol. The Balaban J connectivity index is 1.46. The summed E-state index contributed by atoms with van der Waals surface area (Å²) in [6.07, 6.45) is 6.42. The van der Waals surface area contributed by atoms with E-state index in [9.17, 15) is 4.79 Å². The first-order valence-corrected chi connectivity index (χ1v) is 9.63. The minimum atomic E-state index is -0.0954. The molecule has 5 nitrogen and oxygen atoms in total. The molecule has 3 aromatic rings. The summed E-state index contributed by atoms with van der Waals surface area (Å²) in [6.45, 7) is 3.36. The van der Waals surface area contributed by atoms with Crippen LogP contribution in [0.4, 0.5) is 0 Å². The van der Waals surface area contributed by atoms with E-state index in [0.717, 1.165) is 29.7 Å². The summed E-state index contributed by atoms with van der Waals surface area (Å²) in [5, 5.41) is 2.93. The van der Waals surface area contributed by atoms with Crippen molar-refractivity contribution in [2.75, 3.05) is 13.2 Å². The van der Waals surface area contributed by atoms with Gasteiger partial charge in [0.15, 0.2) is 5.82 Å². The highest BCUT2D eigenvalue weighted by molar-refractivity contribution is 5.94. The van der Waals surface area contributed by atoms with E-state index in [-0.39, 0.29) is 5.91 Å². The Kier molecular flexibility index (Phi) is 7.13. The summed E-state index contributed by atoms with van der Waals surface area (Å²) in [4.78, 5) is 21.1. The van der Waals surface area contributed by atoms with Crippen molar-refractivity contribution in [3.05, 3.63) is 78.1 Å². The zero-order valence-electron chi connectivity index (χ0n) is 16.1. The first-order chi connectivity index (χ1) is 13.8. The number of carbonyl (C=O) groups excluding carboxylic acids is 1. The zero-order valence-corrected chi connectivity index (χ0v) is 16.1. The molecule has 0 spiro atoms. The summed E-state index contributed by atoms with van der Waals surface area (Å²) in [6, 6.07) is 17.1. The van der Waals surface area contributed by atoms with E-state index in [0.29, 0.717) is 31.0 Å². The molecule has 144 valence electrons. The highest BCUT2D eigenvalue weighted by atomic mass is 16.5. The van der Waals surface area contributed by atoms with Gasteiger partial charge in [0.1, 0.15) is 5.75 Å². The SMILES string of the molecule is CCCCOc1ccc(C(=O)NCCc2cnc(-c3ccccc3)nc2)cc1. The quantitative estimate of drug-likeness (QED) is 0.567. The van der Waals surface area contributed by atoms with Gasteiger partial charge >= 0.3 is 0 Å². The molecular formula is C23H25N3O2. The third-order valence-electron chi connectivity index (χ3n) is 4.32. The molecule has 28 heavy (non-hydrogen) atoms. The van der Waals surface area contributed by atoms with Crippen LogP contribution in [0.15, 0.2) is 67.0 Å². The fourth-order valence-corrected chi connectivity index (χ4v) is 2.68. The van der Waals surface area contributed by atoms with Crippen LogP contribution in [-0.2, 0) is 6.42 Å². The zero-order chi connectivity index (χ0) is 19.6. The fourth-order valence-electron chi connectivity index (χ4n) is 2.68. The molecule has 5 heteroatoms. The number of amides is 1. The van der Waals surface area contributed by atoms with Crippen molar-refractivity contribution < 1.29 is 9.53 Å². The molecule has 0 radical (unpaired) electrons. The van der Waals surface area contributed by atoms with Crippen LogP contribution in [-0.4, -0.2) is 29.0 Å². The summed E-state index contributed by atoms with van der Waals surface area (Å²) < 4.78 is 5.62. The molecule has 1 amide bonds. The first kappa shape index (κ1) is 19.5. The summed E-state index contributed by atoms with van der Waals surface area (Å²) >= 11 is 0. The number of ether oxygens (including phenoxy) is 1. The maximum atomic E-state index is 12.3. The molecule has 0 saturated heterocycles. The van der Waals surface area contributed by atoms with Crippen LogP contribution in [0.2, 0.25) is 0 Å². The van der Waals surface area contributed by atoms with Crippen LogP contribution in [0.3, 0.4) is 0 Å². The molecule has 1 N–H and O–H groups in total. The molecule has 0 fully saturated rings. The number of benzene rings is 2. The topological polar surface area (TPSA) is 64.1 Å². The number of hydrogen-bond acceptors (Lipinski definition) is 4. The lowest BCUT2D eigenvalue weighted by atomic mass is 10.2. The fraction of sp³-hybridized carbons (Fsp3) is 0.261. The second kappa shape index (κ2) is 10.2. The highest BCUT2D eigenvalue weighted by Gasteiger charge is 2.06. The van der Waals surface area contributed by atoms with Crippen LogP contribution >= 0.6 is 0 Å². The standard InChI is InChI=1S/C23H25N3O2/c1-2-3-15-28-21-11-9-20(10-12-21)23(27)24-14-13-18-16-25-22(26-17-18)19-7-5-4-6-8-19/h4-12,16-17H,2-3,13-15H2,1H3,(H,24,27). The van der Waals surface area contributed by atoms with Crippen molar-refractivity contribution in [1.82, 2.24) is 15.3 Å². The average Bonchev–Trinajstić information content (AvgIpc) is 2.75.